The van der Waals surface area contributed by atoms with E-state index >= 15 is 0 Å². The first kappa shape index (κ1) is 21.3. The Hall–Kier alpha value is -3.37. The van der Waals surface area contributed by atoms with Crippen LogP contribution in [-0.2, 0) is 11.2 Å². The number of rotatable bonds is 6. The Morgan fingerprint density at radius 3 is 2.63 bits per heavy atom. The molecule has 6 nitrogen and oxygen atoms in total. The summed E-state index contributed by atoms with van der Waals surface area (Å²) in [5, 5.41) is 12.2. The lowest BCUT2D eigenvalue weighted by atomic mass is 10.1. The van der Waals surface area contributed by atoms with E-state index in [4.69, 9.17) is 0 Å². The number of aryl methyl sites for hydroxylation is 2. The van der Waals surface area contributed by atoms with E-state index in [1.54, 1.807) is 19.1 Å². The van der Waals surface area contributed by atoms with E-state index in [1.807, 2.05) is 56.3 Å². The summed E-state index contributed by atoms with van der Waals surface area (Å²) in [7, 11) is 0. The highest BCUT2D eigenvalue weighted by Crippen LogP contribution is 2.26. The first-order valence-corrected chi connectivity index (χ1v) is 10.5. The minimum Gasteiger partial charge on any atom is -0.325 e. The molecule has 1 heterocycles. The van der Waals surface area contributed by atoms with Crippen LogP contribution >= 0.6 is 11.8 Å². The van der Waals surface area contributed by atoms with Crippen LogP contribution in [0, 0.1) is 18.3 Å². The number of nitrogens with one attached hydrogen (secondary N) is 2. The monoisotopic (exact) mass is 418 g/mol. The van der Waals surface area contributed by atoms with Crippen molar-refractivity contribution in [1.29, 1.82) is 5.26 Å². The number of para-hydroxylation sites is 1. The zero-order valence-electron chi connectivity index (χ0n) is 17.0. The molecule has 2 aromatic carbocycles. The van der Waals surface area contributed by atoms with Gasteiger partial charge in [0.05, 0.1) is 10.9 Å². The van der Waals surface area contributed by atoms with Crippen LogP contribution in [-0.4, -0.2) is 21.1 Å². The number of aromatic amines is 1. The Bertz CT molecular complexity index is 1170. The summed E-state index contributed by atoms with van der Waals surface area (Å²) < 4.78 is 0. The molecule has 30 heavy (non-hydrogen) atoms. The van der Waals surface area contributed by atoms with Crippen LogP contribution in [0.15, 0.2) is 58.5 Å². The molecule has 0 aliphatic heterocycles. The third-order valence-electron chi connectivity index (χ3n) is 4.70. The topological polar surface area (TPSA) is 98.6 Å². The molecule has 0 unspecified atom stereocenters. The average Bonchev–Trinajstić information content (AvgIpc) is 2.75. The van der Waals surface area contributed by atoms with Crippen molar-refractivity contribution in [1.82, 2.24) is 9.97 Å². The summed E-state index contributed by atoms with van der Waals surface area (Å²) in [6.45, 7) is 5.75. The van der Waals surface area contributed by atoms with E-state index in [-0.39, 0.29) is 11.5 Å². The highest BCUT2D eigenvalue weighted by Gasteiger charge is 2.20. The van der Waals surface area contributed by atoms with Crippen LogP contribution in [0.2, 0.25) is 0 Å². The lowest BCUT2D eigenvalue weighted by Gasteiger charge is -2.16. The average molecular weight is 419 g/mol. The molecule has 3 aromatic rings. The van der Waals surface area contributed by atoms with E-state index in [9.17, 15) is 14.9 Å². The lowest BCUT2D eigenvalue weighted by molar-refractivity contribution is -0.115. The number of amides is 1. The quantitative estimate of drug-likeness (QED) is 0.459. The first-order valence-electron chi connectivity index (χ1n) is 9.60. The van der Waals surface area contributed by atoms with Gasteiger partial charge in [0.25, 0.3) is 5.56 Å². The number of nitriles is 1. The fraction of sp³-hybridized carbons (Fsp3) is 0.217. The molecular weight excluding hydrogens is 396 g/mol. The lowest BCUT2D eigenvalue weighted by Crippen LogP contribution is -2.24. The fourth-order valence-corrected chi connectivity index (χ4v) is 3.86. The van der Waals surface area contributed by atoms with Gasteiger partial charge in [-0.2, -0.15) is 5.26 Å². The normalized spacial score (nSPS) is 11.5. The van der Waals surface area contributed by atoms with Gasteiger partial charge in [-0.15, -0.1) is 0 Å². The summed E-state index contributed by atoms with van der Waals surface area (Å²) >= 11 is 1.14. The second-order valence-electron chi connectivity index (χ2n) is 6.78. The van der Waals surface area contributed by atoms with Crippen molar-refractivity contribution in [3.05, 3.63) is 75.6 Å². The molecule has 3 rings (SSSR count). The minimum atomic E-state index is -0.520. The highest BCUT2D eigenvalue weighted by molar-refractivity contribution is 8.00. The van der Waals surface area contributed by atoms with Crippen molar-refractivity contribution in [2.45, 2.75) is 37.6 Å². The van der Waals surface area contributed by atoms with Crippen LogP contribution in [0.25, 0.3) is 11.3 Å². The van der Waals surface area contributed by atoms with E-state index in [0.717, 1.165) is 35.0 Å². The molecule has 7 heteroatoms. The first-order chi connectivity index (χ1) is 14.4. The number of anilines is 1. The largest absolute Gasteiger partial charge is 0.325 e. The molecule has 0 fully saturated rings. The van der Waals surface area contributed by atoms with Gasteiger partial charge in [0.15, 0.2) is 5.16 Å². The number of thioether (sulfide) groups is 1. The molecule has 1 atom stereocenters. The third-order valence-corrected chi connectivity index (χ3v) is 5.69. The number of H-pyrrole nitrogens is 1. The summed E-state index contributed by atoms with van der Waals surface area (Å²) in [4.78, 5) is 32.3. The Labute approximate surface area is 179 Å². The Balaban J connectivity index is 1.86. The molecule has 2 N–H and O–H groups in total. The maximum atomic E-state index is 12.8. The maximum absolute atomic E-state index is 12.8. The standard InChI is InChI=1S/C23H22N4O2S/c1-4-16-12-8-9-14(2)19(16)25-21(28)15(3)30-23-26-20(17-10-6-5-7-11-17)18(13-24)22(29)27-23/h5-12,15H,4H2,1-3H3,(H,25,28)(H,26,27,29)/t15-/m1/s1. The van der Waals surface area contributed by atoms with E-state index in [2.05, 4.69) is 15.3 Å². The van der Waals surface area contributed by atoms with Crippen molar-refractivity contribution < 1.29 is 4.79 Å². The minimum absolute atomic E-state index is 0.0462. The summed E-state index contributed by atoms with van der Waals surface area (Å²) in [5.74, 6) is -0.183. The van der Waals surface area contributed by atoms with E-state index in [0.29, 0.717) is 16.4 Å². The van der Waals surface area contributed by atoms with Crippen molar-refractivity contribution in [3.8, 4) is 17.3 Å². The summed E-state index contributed by atoms with van der Waals surface area (Å²) in [6.07, 6.45) is 0.809. The summed E-state index contributed by atoms with van der Waals surface area (Å²) in [6, 6.07) is 16.9. The molecule has 0 bridgehead atoms. The summed E-state index contributed by atoms with van der Waals surface area (Å²) in [5.41, 5.74) is 3.30. The maximum Gasteiger partial charge on any atom is 0.270 e. The number of carbonyl (C=O) groups is 1. The molecule has 152 valence electrons. The van der Waals surface area contributed by atoms with Crippen molar-refractivity contribution in [2.24, 2.45) is 0 Å². The Morgan fingerprint density at radius 1 is 1.23 bits per heavy atom. The SMILES string of the molecule is CCc1cccc(C)c1NC(=O)[C@@H](C)Sc1nc(-c2ccccc2)c(C#N)c(=O)[nH]1. The van der Waals surface area contributed by atoms with Gasteiger partial charge in [-0.25, -0.2) is 4.98 Å². The van der Waals surface area contributed by atoms with Crippen LogP contribution < -0.4 is 10.9 Å². The van der Waals surface area contributed by atoms with Gasteiger partial charge in [0.1, 0.15) is 11.6 Å². The van der Waals surface area contributed by atoms with Crippen LogP contribution in [0.3, 0.4) is 0 Å². The molecule has 1 amide bonds. The van der Waals surface area contributed by atoms with Gasteiger partial charge in [-0.1, -0.05) is 67.2 Å². The van der Waals surface area contributed by atoms with Crippen LogP contribution in [0.5, 0.6) is 0 Å². The molecule has 0 saturated carbocycles. The van der Waals surface area contributed by atoms with E-state index in [1.165, 1.54) is 0 Å². The Kier molecular flexibility index (Phi) is 6.70. The van der Waals surface area contributed by atoms with Crippen LogP contribution in [0.1, 0.15) is 30.5 Å². The number of aromatic nitrogens is 2. The second kappa shape index (κ2) is 9.42. The number of benzene rings is 2. The molecule has 0 aliphatic rings. The highest BCUT2D eigenvalue weighted by atomic mass is 32.2. The Morgan fingerprint density at radius 2 is 1.97 bits per heavy atom. The molecular formula is C23H22N4O2S. The van der Waals surface area contributed by atoms with E-state index < -0.39 is 10.8 Å². The second-order valence-corrected chi connectivity index (χ2v) is 8.11. The molecule has 0 spiro atoms. The van der Waals surface area contributed by atoms with Gasteiger partial charge < -0.3 is 10.3 Å². The van der Waals surface area contributed by atoms with Gasteiger partial charge in [0, 0.05) is 11.3 Å². The molecule has 0 saturated heterocycles. The predicted molar refractivity (Wildman–Crippen MR) is 120 cm³/mol. The zero-order valence-corrected chi connectivity index (χ0v) is 17.8. The molecule has 0 aliphatic carbocycles. The van der Waals surface area contributed by atoms with Crippen molar-refractivity contribution in [2.75, 3.05) is 5.32 Å². The smallest absolute Gasteiger partial charge is 0.270 e. The number of hydrogen-bond acceptors (Lipinski definition) is 5. The van der Waals surface area contributed by atoms with Gasteiger partial charge >= 0.3 is 0 Å². The van der Waals surface area contributed by atoms with Gasteiger partial charge in [-0.3, -0.25) is 9.59 Å². The number of carbonyl (C=O) groups excluding carboxylic acids is 1. The molecule has 0 radical (unpaired) electrons. The van der Waals surface area contributed by atoms with Gasteiger partial charge in [0.2, 0.25) is 5.91 Å². The third kappa shape index (κ3) is 4.61. The van der Waals surface area contributed by atoms with Gasteiger partial charge in [-0.05, 0) is 31.4 Å². The molecule has 1 aromatic heterocycles. The number of nitrogens with zero attached hydrogens (tertiary/aromatic N) is 2. The predicted octanol–water partition coefficient (Wildman–Crippen LogP) is 4.30. The van der Waals surface area contributed by atoms with Crippen LogP contribution in [0.4, 0.5) is 5.69 Å². The van der Waals surface area contributed by atoms with Crippen molar-refractivity contribution >= 4 is 23.4 Å². The van der Waals surface area contributed by atoms with Crippen molar-refractivity contribution in [3.63, 3.8) is 0 Å². The number of hydrogen-bond donors (Lipinski definition) is 2. The zero-order chi connectivity index (χ0) is 21.7. The fourth-order valence-electron chi connectivity index (χ4n) is 3.06.